The Labute approximate surface area is 153 Å². The van der Waals surface area contributed by atoms with Gasteiger partial charge in [-0.1, -0.05) is 73.8 Å². The molecule has 26 heavy (non-hydrogen) atoms. The molecule has 2 atom stereocenters. The summed E-state index contributed by atoms with van der Waals surface area (Å²) in [6.45, 7) is 10.4. The third-order valence-corrected chi connectivity index (χ3v) is 3.70. The lowest BCUT2D eigenvalue weighted by Gasteiger charge is -2.28. The molecule has 4 nitrogen and oxygen atoms in total. The zero-order valence-electron chi connectivity index (χ0n) is 15.0. The van der Waals surface area contributed by atoms with Crippen molar-refractivity contribution in [1.29, 1.82) is 0 Å². The number of carbonyl (C=O) groups is 2. The molecule has 0 saturated heterocycles. The van der Waals surface area contributed by atoms with Crippen LogP contribution in [0.1, 0.15) is 37.2 Å². The van der Waals surface area contributed by atoms with Crippen molar-refractivity contribution in [2.75, 3.05) is 0 Å². The zero-order chi connectivity index (χ0) is 19.1. The Kier molecular flexibility index (Phi) is 6.50. The van der Waals surface area contributed by atoms with E-state index < -0.39 is 24.1 Å². The molecule has 0 aliphatic heterocycles. The monoisotopic (exact) mass is 350 g/mol. The standard InChI is InChI=1S/C22H22O4/c1-15(2)21(23)25-19(17-11-7-5-8-12-17)20(26-22(24)16(3)4)18-13-9-6-10-14-18/h5-14,19-20H,1,3H2,2,4H3. The largest absolute Gasteiger partial charge is 0.450 e. The molecule has 0 saturated carbocycles. The highest BCUT2D eigenvalue weighted by Crippen LogP contribution is 2.36. The molecule has 2 aromatic rings. The first kappa shape index (κ1) is 19.2. The van der Waals surface area contributed by atoms with Crippen molar-refractivity contribution in [1.82, 2.24) is 0 Å². The molecular formula is C22H22O4. The molecule has 0 aliphatic rings. The fraction of sp³-hybridized carbons (Fsp3) is 0.182. The molecule has 0 fully saturated rings. The van der Waals surface area contributed by atoms with Gasteiger partial charge in [0.25, 0.3) is 0 Å². The molecule has 134 valence electrons. The van der Waals surface area contributed by atoms with Crippen molar-refractivity contribution in [2.45, 2.75) is 26.1 Å². The van der Waals surface area contributed by atoms with Gasteiger partial charge in [0.1, 0.15) is 0 Å². The first-order valence-electron chi connectivity index (χ1n) is 8.23. The van der Waals surface area contributed by atoms with Crippen LogP contribution in [-0.4, -0.2) is 11.9 Å². The second kappa shape index (κ2) is 8.81. The number of hydrogen-bond acceptors (Lipinski definition) is 4. The lowest BCUT2D eigenvalue weighted by molar-refractivity contribution is -0.164. The molecule has 2 rings (SSSR count). The van der Waals surface area contributed by atoms with Gasteiger partial charge in [0.05, 0.1) is 0 Å². The summed E-state index contributed by atoms with van der Waals surface area (Å²) in [5.41, 5.74) is 1.96. The number of hydrogen-bond donors (Lipinski definition) is 0. The van der Waals surface area contributed by atoms with Crippen molar-refractivity contribution in [3.8, 4) is 0 Å². The Morgan fingerprint density at radius 3 is 1.27 bits per heavy atom. The number of rotatable bonds is 7. The molecule has 4 heteroatoms. The molecular weight excluding hydrogens is 328 g/mol. The number of benzene rings is 2. The number of esters is 2. The van der Waals surface area contributed by atoms with Gasteiger partial charge in [0, 0.05) is 11.1 Å². The Morgan fingerprint density at radius 1 is 0.692 bits per heavy atom. The molecule has 0 radical (unpaired) electrons. The van der Waals surface area contributed by atoms with Crippen molar-refractivity contribution >= 4 is 11.9 Å². The third-order valence-electron chi connectivity index (χ3n) is 3.70. The molecule has 2 unspecified atom stereocenters. The third kappa shape index (κ3) is 4.93. The Hall–Kier alpha value is -3.14. The summed E-state index contributed by atoms with van der Waals surface area (Å²) in [4.78, 5) is 24.4. The molecule has 0 spiro atoms. The van der Waals surface area contributed by atoms with Gasteiger partial charge in [-0.25, -0.2) is 9.59 Å². The van der Waals surface area contributed by atoms with Gasteiger partial charge in [-0.15, -0.1) is 0 Å². The summed E-state index contributed by atoms with van der Waals surface area (Å²) in [6, 6.07) is 18.3. The normalized spacial score (nSPS) is 12.5. The van der Waals surface area contributed by atoms with E-state index in [0.29, 0.717) is 11.1 Å². The van der Waals surface area contributed by atoms with Gasteiger partial charge in [-0.3, -0.25) is 0 Å². The van der Waals surface area contributed by atoms with E-state index in [1.54, 1.807) is 13.8 Å². The highest BCUT2D eigenvalue weighted by atomic mass is 16.6. The summed E-state index contributed by atoms with van der Waals surface area (Å²) in [7, 11) is 0. The lowest BCUT2D eigenvalue weighted by atomic mass is 9.97. The zero-order valence-corrected chi connectivity index (χ0v) is 15.0. The summed E-state index contributed by atoms with van der Waals surface area (Å²) in [5.74, 6) is -1.10. The van der Waals surface area contributed by atoms with Gasteiger partial charge >= 0.3 is 11.9 Å². The molecule has 0 N–H and O–H groups in total. The van der Waals surface area contributed by atoms with E-state index in [9.17, 15) is 9.59 Å². The van der Waals surface area contributed by atoms with E-state index in [4.69, 9.17) is 9.47 Å². The van der Waals surface area contributed by atoms with Crippen molar-refractivity contribution in [2.24, 2.45) is 0 Å². The van der Waals surface area contributed by atoms with E-state index in [1.165, 1.54) is 0 Å². The first-order chi connectivity index (χ1) is 12.4. The van der Waals surface area contributed by atoms with Crippen molar-refractivity contribution in [3.05, 3.63) is 96.1 Å². The van der Waals surface area contributed by atoms with E-state index in [2.05, 4.69) is 13.2 Å². The summed E-state index contributed by atoms with van der Waals surface area (Å²) < 4.78 is 11.3. The van der Waals surface area contributed by atoms with Gasteiger partial charge < -0.3 is 9.47 Å². The van der Waals surface area contributed by atoms with E-state index in [-0.39, 0.29) is 11.1 Å². The quantitative estimate of drug-likeness (QED) is 0.536. The van der Waals surface area contributed by atoms with Crippen LogP contribution in [0.25, 0.3) is 0 Å². The average molecular weight is 350 g/mol. The van der Waals surface area contributed by atoms with Crippen LogP contribution in [0.3, 0.4) is 0 Å². The van der Waals surface area contributed by atoms with Gasteiger partial charge in [0.15, 0.2) is 12.2 Å². The van der Waals surface area contributed by atoms with Gasteiger partial charge in [0.2, 0.25) is 0 Å². The second-order valence-electron chi connectivity index (χ2n) is 6.03. The van der Waals surface area contributed by atoms with E-state index >= 15 is 0 Å². The summed E-state index contributed by atoms with van der Waals surface area (Å²) in [6.07, 6.45) is -1.63. The van der Waals surface area contributed by atoms with Crippen molar-refractivity contribution in [3.63, 3.8) is 0 Å². The molecule has 0 heterocycles. The fourth-order valence-electron chi connectivity index (χ4n) is 2.33. The fourth-order valence-corrected chi connectivity index (χ4v) is 2.33. The van der Waals surface area contributed by atoms with Gasteiger partial charge in [-0.05, 0) is 25.0 Å². The predicted octanol–water partition coefficient (Wildman–Crippen LogP) is 4.71. The lowest BCUT2D eigenvalue weighted by Crippen LogP contribution is -2.23. The van der Waals surface area contributed by atoms with Crippen LogP contribution in [0.4, 0.5) is 0 Å². The maximum atomic E-state index is 12.2. The first-order valence-corrected chi connectivity index (χ1v) is 8.23. The molecule has 0 amide bonds. The van der Waals surface area contributed by atoms with Crippen LogP contribution >= 0.6 is 0 Å². The van der Waals surface area contributed by atoms with Crippen molar-refractivity contribution < 1.29 is 19.1 Å². The maximum absolute atomic E-state index is 12.2. The minimum Gasteiger partial charge on any atom is -0.450 e. The van der Waals surface area contributed by atoms with Crippen LogP contribution < -0.4 is 0 Å². The summed E-state index contributed by atoms with van der Waals surface area (Å²) >= 11 is 0. The van der Waals surface area contributed by atoms with Crippen LogP contribution in [-0.2, 0) is 19.1 Å². The topological polar surface area (TPSA) is 52.6 Å². The number of ether oxygens (including phenoxy) is 2. The molecule has 0 aromatic heterocycles. The highest BCUT2D eigenvalue weighted by Gasteiger charge is 2.32. The molecule has 0 bridgehead atoms. The second-order valence-corrected chi connectivity index (χ2v) is 6.03. The smallest absolute Gasteiger partial charge is 0.333 e. The van der Waals surface area contributed by atoms with Crippen LogP contribution in [0.15, 0.2) is 85.0 Å². The highest BCUT2D eigenvalue weighted by molar-refractivity contribution is 5.88. The Balaban J connectivity index is 2.49. The average Bonchev–Trinajstić information content (AvgIpc) is 2.65. The van der Waals surface area contributed by atoms with Crippen LogP contribution in [0.5, 0.6) is 0 Å². The van der Waals surface area contributed by atoms with Gasteiger partial charge in [-0.2, -0.15) is 0 Å². The molecule has 2 aromatic carbocycles. The minimum absolute atomic E-state index is 0.268. The summed E-state index contributed by atoms with van der Waals surface area (Å²) in [5, 5.41) is 0. The molecule has 0 aliphatic carbocycles. The maximum Gasteiger partial charge on any atom is 0.333 e. The SMILES string of the molecule is C=C(C)C(=O)OC(c1ccccc1)C(OC(=O)C(=C)C)c1ccccc1. The Bertz CT molecular complexity index is 724. The van der Waals surface area contributed by atoms with Crippen LogP contribution in [0.2, 0.25) is 0 Å². The minimum atomic E-state index is -0.814. The Morgan fingerprint density at radius 2 is 1.00 bits per heavy atom. The van der Waals surface area contributed by atoms with E-state index in [0.717, 1.165) is 0 Å². The predicted molar refractivity (Wildman–Crippen MR) is 100 cm³/mol. The van der Waals surface area contributed by atoms with Crippen LogP contribution in [0, 0.1) is 0 Å². The number of carbonyl (C=O) groups excluding carboxylic acids is 2. The van der Waals surface area contributed by atoms with E-state index in [1.807, 2.05) is 60.7 Å².